The number of anilines is 2. The molecule has 15 heavy (non-hydrogen) atoms. The molecule has 6 heteroatoms. The number of nitrogens with zero attached hydrogens (tertiary/aromatic N) is 2. The summed E-state index contributed by atoms with van der Waals surface area (Å²) >= 11 is 5.76. The molecule has 0 amide bonds. The highest BCUT2D eigenvalue weighted by Gasteiger charge is 2.11. The van der Waals surface area contributed by atoms with Crippen molar-refractivity contribution >= 4 is 23.1 Å². The number of halogens is 1. The number of pyridine rings is 1. The number of nitrogens with one attached hydrogen (secondary N) is 1. The molecule has 0 spiro atoms. The van der Waals surface area contributed by atoms with Crippen molar-refractivity contribution in [1.82, 2.24) is 9.99 Å². The highest BCUT2D eigenvalue weighted by atomic mass is 35.5. The van der Waals surface area contributed by atoms with Gasteiger partial charge < -0.3 is 15.9 Å². The third kappa shape index (κ3) is 2.71. The lowest BCUT2D eigenvalue weighted by Gasteiger charge is -2.27. The second kappa shape index (κ2) is 4.65. The molecule has 82 valence electrons. The molecule has 2 heterocycles. The number of nitrogens with two attached hydrogens (primary N) is 1. The van der Waals surface area contributed by atoms with E-state index in [9.17, 15) is 0 Å². The fourth-order valence-corrected chi connectivity index (χ4v) is 1.54. The van der Waals surface area contributed by atoms with Crippen LogP contribution in [0.2, 0.25) is 5.02 Å². The summed E-state index contributed by atoms with van der Waals surface area (Å²) in [4.78, 5) is 4.12. The number of hydrazine groups is 1. The van der Waals surface area contributed by atoms with Crippen LogP contribution < -0.4 is 11.2 Å². The first-order chi connectivity index (χ1) is 7.25. The molecule has 1 aromatic rings. The molecule has 0 unspecified atom stereocenters. The van der Waals surface area contributed by atoms with Crippen LogP contribution in [-0.4, -0.2) is 36.3 Å². The lowest BCUT2D eigenvalue weighted by molar-refractivity contribution is 0.0495. The van der Waals surface area contributed by atoms with Crippen LogP contribution in [0, 0.1) is 0 Å². The van der Waals surface area contributed by atoms with Gasteiger partial charge in [-0.1, -0.05) is 11.6 Å². The van der Waals surface area contributed by atoms with Crippen LogP contribution in [-0.2, 0) is 4.74 Å². The van der Waals surface area contributed by atoms with Gasteiger partial charge in [0.1, 0.15) is 0 Å². The van der Waals surface area contributed by atoms with E-state index < -0.39 is 0 Å². The van der Waals surface area contributed by atoms with Gasteiger partial charge in [0.25, 0.3) is 0 Å². The van der Waals surface area contributed by atoms with Gasteiger partial charge in [-0.3, -0.25) is 0 Å². The average Bonchev–Trinajstić information content (AvgIpc) is 2.24. The third-order valence-corrected chi connectivity index (χ3v) is 2.37. The molecule has 2 rings (SSSR count). The zero-order valence-corrected chi connectivity index (χ0v) is 9.00. The van der Waals surface area contributed by atoms with Crippen LogP contribution >= 0.6 is 11.6 Å². The zero-order chi connectivity index (χ0) is 10.7. The maximum Gasteiger partial charge on any atom is 0.163 e. The van der Waals surface area contributed by atoms with Gasteiger partial charge in [-0.25, -0.2) is 9.99 Å². The fraction of sp³-hybridized carbons (Fsp3) is 0.444. The van der Waals surface area contributed by atoms with Gasteiger partial charge in [0.05, 0.1) is 23.9 Å². The lowest BCUT2D eigenvalue weighted by atomic mass is 10.4. The Morgan fingerprint density at radius 3 is 2.87 bits per heavy atom. The van der Waals surface area contributed by atoms with Crippen molar-refractivity contribution in [2.75, 3.05) is 37.5 Å². The van der Waals surface area contributed by atoms with Crippen LogP contribution in [0.15, 0.2) is 12.3 Å². The first-order valence-corrected chi connectivity index (χ1v) is 5.14. The Morgan fingerprint density at radius 1 is 1.47 bits per heavy atom. The molecule has 1 aliphatic heterocycles. The molecular formula is C9H13ClN4O. The molecule has 0 bridgehead atoms. The quantitative estimate of drug-likeness (QED) is 0.790. The second-order valence-electron chi connectivity index (χ2n) is 3.30. The Hall–Kier alpha value is -1.04. The third-order valence-electron chi connectivity index (χ3n) is 2.16. The largest absolute Gasteiger partial charge is 0.396 e. The SMILES string of the molecule is Nc1cc(Cl)cnc1NN1CCOCC1. The van der Waals surface area contributed by atoms with Crippen molar-refractivity contribution in [2.24, 2.45) is 0 Å². The number of nitrogen functional groups attached to an aromatic ring is 1. The number of hydrogen-bond acceptors (Lipinski definition) is 5. The Bertz CT molecular complexity index is 341. The summed E-state index contributed by atoms with van der Waals surface area (Å²) < 4.78 is 5.23. The van der Waals surface area contributed by atoms with E-state index in [1.54, 1.807) is 12.3 Å². The number of rotatable bonds is 2. The van der Waals surface area contributed by atoms with E-state index >= 15 is 0 Å². The lowest BCUT2D eigenvalue weighted by Crippen LogP contribution is -2.40. The molecule has 0 atom stereocenters. The predicted molar refractivity (Wildman–Crippen MR) is 59.7 cm³/mol. The number of hydrogen-bond donors (Lipinski definition) is 2. The average molecular weight is 229 g/mol. The molecule has 1 aromatic heterocycles. The van der Waals surface area contributed by atoms with Crippen molar-refractivity contribution in [1.29, 1.82) is 0 Å². The van der Waals surface area contributed by atoms with Crippen molar-refractivity contribution in [3.8, 4) is 0 Å². The van der Waals surface area contributed by atoms with E-state index in [0.29, 0.717) is 16.5 Å². The first kappa shape index (κ1) is 10.5. The van der Waals surface area contributed by atoms with E-state index in [4.69, 9.17) is 22.1 Å². The van der Waals surface area contributed by atoms with Gasteiger partial charge in [-0.15, -0.1) is 0 Å². The highest BCUT2D eigenvalue weighted by Crippen LogP contribution is 2.19. The monoisotopic (exact) mass is 228 g/mol. The standard InChI is InChI=1S/C9H13ClN4O/c10-7-5-8(11)9(12-6-7)13-14-1-3-15-4-2-14/h5-6H,1-4,11H2,(H,12,13). The van der Waals surface area contributed by atoms with Crippen LogP contribution in [0.3, 0.4) is 0 Å². The van der Waals surface area contributed by atoms with Gasteiger partial charge in [-0.05, 0) is 6.07 Å². The molecule has 3 N–H and O–H groups in total. The Labute approximate surface area is 93.1 Å². The normalized spacial score (nSPS) is 17.7. The van der Waals surface area contributed by atoms with Gasteiger partial charge in [0, 0.05) is 19.3 Å². The summed E-state index contributed by atoms with van der Waals surface area (Å²) in [5.74, 6) is 0.640. The topological polar surface area (TPSA) is 63.4 Å². The smallest absolute Gasteiger partial charge is 0.163 e. The Balaban J connectivity index is 2.03. The van der Waals surface area contributed by atoms with E-state index in [2.05, 4.69) is 10.4 Å². The molecule has 5 nitrogen and oxygen atoms in total. The highest BCUT2D eigenvalue weighted by molar-refractivity contribution is 6.30. The van der Waals surface area contributed by atoms with Crippen molar-refractivity contribution in [3.63, 3.8) is 0 Å². The summed E-state index contributed by atoms with van der Waals surface area (Å²) in [5.41, 5.74) is 9.46. The minimum absolute atomic E-state index is 0.542. The van der Waals surface area contributed by atoms with E-state index in [1.165, 1.54) is 0 Å². The van der Waals surface area contributed by atoms with Crippen LogP contribution in [0.25, 0.3) is 0 Å². The molecule has 1 aliphatic rings. The van der Waals surface area contributed by atoms with Crippen LogP contribution in [0.1, 0.15) is 0 Å². The minimum atomic E-state index is 0.542. The summed E-state index contributed by atoms with van der Waals surface area (Å²) in [6.07, 6.45) is 1.57. The first-order valence-electron chi connectivity index (χ1n) is 4.76. The van der Waals surface area contributed by atoms with E-state index in [1.807, 2.05) is 5.01 Å². The summed E-state index contributed by atoms with van der Waals surface area (Å²) in [6.45, 7) is 3.09. The molecule has 0 aliphatic carbocycles. The summed E-state index contributed by atoms with van der Waals surface area (Å²) in [6, 6.07) is 1.68. The second-order valence-corrected chi connectivity index (χ2v) is 3.74. The maximum atomic E-state index is 5.77. The molecule has 0 aromatic carbocycles. The Kier molecular flexibility index (Phi) is 3.25. The molecule has 0 saturated carbocycles. The molecule has 1 saturated heterocycles. The van der Waals surface area contributed by atoms with E-state index in [0.717, 1.165) is 26.3 Å². The Morgan fingerprint density at radius 2 is 2.20 bits per heavy atom. The van der Waals surface area contributed by atoms with Crippen molar-refractivity contribution in [3.05, 3.63) is 17.3 Å². The number of morpholine rings is 1. The van der Waals surface area contributed by atoms with Gasteiger partial charge >= 0.3 is 0 Å². The minimum Gasteiger partial charge on any atom is -0.396 e. The molecule has 0 radical (unpaired) electrons. The van der Waals surface area contributed by atoms with Crippen molar-refractivity contribution in [2.45, 2.75) is 0 Å². The van der Waals surface area contributed by atoms with E-state index in [-0.39, 0.29) is 0 Å². The van der Waals surface area contributed by atoms with Crippen LogP contribution in [0.4, 0.5) is 11.5 Å². The predicted octanol–water partition coefficient (Wildman–Crippen LogP) is 0.976. The van der Waals surface area contributed by atoms with Crippen molar-refractivity contribution < 1.29 is 4.74 Å². The van der Waals surface area contributed by atoms with Crippen LogP contribution in [0.5, 0.6) is 0 Å². The van der Waals surface area contributed by atoms with Gasteiger partial charge in [0.15, 0.2) is 5.82 Å². The number of aromatic nitrogens is 1. The number of ether oxygens (including phenoxy) is 1. The molecular weight excluding hydrogens is 216 g/mol. The van der Waals surface area contributed by atoms with Gasteiger partial charge in [-0.2, -0.15) is 0 Å². The summed E-state index contributed by atoms with van der Waals surface area (Å²) in [7, 11) is 0. The molecule has 1 fully saturated rings. The fourth-order valence-electron chi connectivity index (χ4n) is 1.37. The zero-order valence-electron chi connectivity index (χ0n) is 8.24. The summed E-state index contributed by atoms with van der Waals surface area (Å²) in [5, 5.41) is 2.57. The van der Waals surface area contributed by atoms with Gasteiger partial charge in [0.2, 0.25) is 0 Å². The maximum absolute atomic E-state index is 5.77.